The van der Waals surface area contributed by atoms with E-state index >= 15 is 0 Å². The zero-order chi connectivity index (χ0) is 11.8. The fraction of sp³-hybridized carbons (Fsp3) is 0.500. The van der Waals surface area contributed by atoms with Gasteiger partial charge in [0.1, 0.15) is 17.8 Å². The Bertz CT molecular complexity index is 389. The van der Waals surface area contributed by atoms with Gasteiger partial charge in [-0.15, -0.1) is 0 Å². The van der Waals surface area contributed by atoms with Crippen molar-refractivity contribution in [2.24, 2.45) is 0 Å². The van der Waals surface area contributed by atoms with Gasteiger partial charge in [0.05, 0.1) is 18.2 Å². The van der Waals surface area contributed by atoms with E-state index in [0.29, 0.717) is 5.56 Å². The van der Waals surface area contributed by atoms with Gasteiger partial charge in [-0.25, -0.2) is 0 Å². The Morgan fingerprint density at radius 2 is 2.31 bits per heavy atom. The van der Waals surface area contributed by atoms with Crippen molar-refractivity contribution in [3.8, 4) is 0 Å². The van der Waals surface area contributed by atoms with E-state index in [1.54, 1.807) is 6.07 Å². The lowest BCUT2D eigenvalue weighted by atomic mass is 9.89. The van der Waals surface area contributed by atoms with Crippen LogP contribution in [0.1, 0.15) is 5.56 Å². The molecule has 1 aromatic rings. The molecule has 0 aliphatic carbocycles. The summed E-state index contributed by atoms with van der Waals surface area (Å²) in [6.07, 6.45) is 0.642. The largest absolute Gasteiger partial charge is 0.393 e. The van der Waals surface area contributed by atoms with Crippen molar-refractivity contribution < 1.29 is 20.1 Å². The van der Waals surface area contributed by atoms with Gasteiger partial charge < -0.3 is 20.1 Å². The van der Waals surface area contributed by atoms with Gasteiger partial charge in [-0.2, -0.15) is 0 Å². The van der Waals surface area contributed by atoms with Gasteiger partial charge in [0.25, 0.3) is 0 Å². The molecule has 6 heteroatoms. The van der Waals surface area contributed by atoms with Crippen LogP contribution in [0.5, 0.6) is 0 Å². The van der Waals surface area contributed by atoms with Gasteiger partial charge >= 0.3 is 0 Å². The number of aliphatic hydroxyl groups excluding tert-OH is 3. The SMILES string of the molecule is OC[C@]1(c2ccncc2Cl)OC[C@H](O)[C@@H]1O. The third kappa shape index (κ3) is 1.61. The first kappa shape index (κ1) is 11.8. The third-order valence-electron chi connectivity index (χ3n) is 2.82. The fourth-order valence-corrected chi connectivity index (χ4v) is 2.18. The van der Waals surface area contributed by atoms with Gasteiger partial charge in [0.15, 0.2) is 0 Å². The van der Waals surface area contributed by atoms with Crippen molar-refractivity contribution in [1.82, 2.24) is 4.98 Å². The lowest BCUT2D eigenvalue weighted by molar-refractivity contribution is -0.100. The van der Waals surface area contributed by atoms with E-state index < -0.39 is 24.4 Å². The smallest absolute Gasteiger partial charge is 0.146 e. The van der Waals surface area contributed by atoms with Crippen molar-refractivity contribution in [2.75, 3.05) is 13.2 Å². The molecule has 0 amide bonds. The molecule has 16 heavy (non-hydrogen) atoms. The predicted molar refractivity (Wildman–Crippen MR) is 56.0 cm³/mol. The van der Waals surface area contributed by atoms with Crippen LogP contribution in [-0.4, -0.2) is 45.7 Å². The molecule has 1 saturated heterocycles. The zero-order valence-electron chi connectivity index (χ0n) is 8.38. The highest BCUT2D eigenvalue weighted by Gasteiger charge is 2.50. The Morgan fingerprint density at radius 1 is 1.56 bits per heavy atom. The first-order chi connectivity index (χ1) is 7.62. The molecular formula is C10H12ClNO4. The Labute approximate surface area is 97.3 Å². The van der Waals surface area contributed by atoms with Crippen LogP contribution in [0.3, 0.4) is 0 Å². The van der Waals surface area contributed by atoms with Crippen LogP contribution in [0.15, 0.2) is 18.5 Å². The molecule has 5 nitrogen and oxygen atoms in total. The van der Waals surface area contributed by atoms with Crippen LogP contribution in [0.25, 0.3) is 0 Å². The summed E-state index contributed by atoms with van der Waals surface area (Å²) in [5.41, 5.74) is -0.935. The minimum absolute atomic E-state index is 0.0413. The number of pyridine rings is 1. The molecule has 0 bridgehead atoms. The summed E-state index contributed by atoms with van der Waals surface area (Å²) in [5.74, 6) is 0. The summed E-state index contributed by atoms with van der Waals surface area (Å²) in [6.45, 7) is -0.505. The van der Waals surface area contributed by atoms with Crippen LogP contribution >= 0.6 is 11.6 Å². The Hall–Kier alpha value is -0.720. The molecule has 0 saturated carbocycles. The lowest BCUT2D eigenvalue weighted by Gasteiger charge is -2.30. The van der Waals surface area contributed by atoms with Gasteiger partial charge in [-0.05, 0) is 6.07 Å². The average molecular weight is 246 g/mol. The number of ether oxygens (including phenoxy) is 1. The van der Waals surface area contributed by atoms with E-state index in [9.17, 15) is 15.3 Å². The summed E-state index contributed by atoms with van der Waals surface area (Å²) in [5, 5.41) is 29.0. The third-order valence-corrected chi connectivity index (χ3v) is 3.12. The Morgan fingerprint density at radius 3 is 2.81 bits per heavy atom. The molecule has 0 unspecified atom stereocenters. The molecule has 88 valence electrons. The topological polar surface area (TPSA) is 82.8 Å². The van der Waals surface area contributed by atoms with Crippen molar-refractivity contribution in [2.45, 2.75) is 17.8 Å². The van der Waals surface area contributed by atoms with Gasteiger partial charge in [0, 0.05) is 18.0 Å². The summed E-state index contributed by atoms with van der Waals surface area (Å²) in [7, 11) is 0. The van der Waals surface area contributed by atoms with E-state index in [4.69, 9.17) is 16.3 Å². The van der Waals surface area contributed by atoms with Crippen molar-refractivity contribution in [3.63, 3.8) is 0 Å². The number of halogens is 1. The molecule has 3 atom stereocenters. The van der Waals surface area contributed by atoms with Gasteiger partial charge in [0.2, 0.25) is 0 Å². The highest BCUT2D eigenvalue weighted by molar-refractivity contribution is 6.31. The van der Waals surface area contributed by atoms with E-state index in [1.807, 2.05) is 0 Å². The fourth-order valence-electron chi connectivity index (χ4n) is 1.90. The van der Waals surface area contributed by atoms with E-state index in [0.717, 1.165) is 0 Å². The number of hydrogen-bond donors (Lipinski definition) is 3. The van der Waals surface area contributed by atoms with Crippen LogP contribution in [0.4, 0.5) is 0 Å². The predicted octanol–water partition coefficient (Wildman–Crippen LogP) is -0.325. The van der Waals surface area contributed by atoms with Crippen molar-refractivity contribution in [3.05, 3.63) is 29.0 Å². The van der Waals surface area contributed by atoms with Crippen LogP contribution in [0, 0.1) is 0 Å². The maximum absolute atomic E-state index is 9.87. The maximum Gasteiger partial charge on any atom is 0.146 e. The molecule has 0 spiro atoms. The highest BCUT2D eigenvalue weighted by Crippen LogP contribution is 2.39. The second-order valence-corrected chi connectivity index (χ2v) is 4.13. The van der Waals surface area contributed by atoms with Crippen molar-refractivity contribution >= 4 is 11.6 Å². The molecule has 1 fully saturated rings. The summed E-state index contributed by atoms with van der Waals surface area (Å²) >= 11 is 5.94. The minimum atomic E-state index is -1.36. The number of nitrogens with zero attached hydrogens (tertiary/aromatic N) is 1. The zero-order valence-corrected chi connectivity index (χ0v) is 9.13. The first-order valence-electron chi connectivity index (χ1n) is 4.83. The molecule has 0 radical (unpaired) electrons. The number of hydrogen-bond acceptors (Lipinski definition) is 5. The normalized spacial score (nSPS) is 34.2. The van der Waals surface area contributed by atoms with E-state index in [-0.39, 0.29) is 11.6 Å². The highest BCUT2D eigenvalue weighted by atomic mass is 35.5. The average Bonchev–Trinajstić information content (AvgIpc) is 2.58. The van der Waals surface area contributed by atoms with Crippen LogP contribution in [-0.2, 0) is 10.3 Å². The van der Waals surface area contributed by atoms with E-state index in [1.165, 1.54) is 12.4 Å². The number of aromatic nitrogens is 1. The molecule has 0 aromatic carbocycles. The lowest BCUT2D eigenvalue weighted by Crippen LogP contribution is -2.43. The monoisotopic (exact) mass is 245 g/mol. The van der Waals surface area contributed by atoms with Crippen LogP contribution in [0.2, 0.25) is 5.02 Å². The molecule has 1 aliphatic heterocycles. The second-order valence-electron chi connectivity index (χ2n) is 3.73. The summed E-state index contributed by atoms with van der Waals surface area (Å²) in [6, 6.07) is 1.56. The quantitative estimate of drug-likeness (QED) is 0.665. The summed E-state index contributed by atoms with van der Waals surface area (Å²) in [4.78, 5) is 3.81. The molecule has 2 rings (SSSR count). The molecule has 3 N–H and O–H groups in total. The number of rotatable bonds is 2. The van der Waals surface area contributed by atoms with Gasteiger partial charge in [-0.1, -0.05) is 11.6 Å². The number of aliphatic hydroxyl groups is 3. The molecule has 2 heterocycles. The Balaban J connectivity index is 2.47. The Kier molecular flexibility index (Phi) is 3.14. The van der Waals surface area contributed by atoms with E-state index in [2.05, 4.69) is 4.98 Å². The van der Waals surface area contributed by atoms with Gasteiger partial charge in [-0.3, -0.25) is 4.98 Å². The summed E-state index contributed by atoms with van der Waals surface area (Å²) < 4.78 is 5.32. The first-order valence-corrected chi connectivity index (χ1v) is 5.20. The minimum Gasteiger partial charge on any atom is -0.393 e. The van der Waals surface area contributed by atoms with Crippen LogP contribution < -0.4 is 0 Å². The van der Waals surface area contributed by atoms with Crippen molar-refractivity contribution in [1.29, 1.82) is 0 Å². The maximum atomic E-state index is 9.87. The molecule has 1 aliphatic rings. The molecule has 1 aromatic heterocycles. The second kappa shape index (κ2) is 4.27. The standard InChI is InChI=1S/C10H12ClNO4/c11-7-3-12-2-1-6(7)10(5-13)9(15)8(14)4-16-10/h1-3,8-9,13-15H,4-5H2/t8-,9-,10+/m0/s1. The molecular weight excluding hydrogens is 234 g/mol.